The number of rotatable bonds is 3. The van der Waals surface area contributed by atoms with Crippen molar-refractivity contribution in [2.45, 2.75) is 33.1 Å². The molecule has 1 aromatic carbocycles. The van der Waals surface area contributed by atoms with E-state index in [4.69, 9.17) is 10.9 Å². The lowest BCUT2D eigenvalue weighted by Gasteiger charge is -2.17. The van der Waals surface area contributed by atoms with Gasteiger partial charge in [0.15, 0.2) is 5.84 Å². The Morgan fingerprint density at radius 3 is 2.80 bits per heavy atom. The van der Waals surface area contributed by atoms with Gasteiger partial charge in [-0.3, -0.25) is 4.79 Å². The van der Waals surface area contributed by atoms with Crippen LogP contribution < -0.4 is 11.1 Å². The lowest BCUT2D eigenvalue weighted by Crippen LogP contribution is -2.25. The number of carbonyl (C=O) groups excluding carboxylic acids is 1. The van der Waals surface area contributed by atoms with Crippen LogP contribution in [0.3, 0.4) is 0 Å². The van der Waals surface area contributed by atoms with E-state index in [-0.39, 0.29) is 17.7 Å². The molecule has 1 amide bonds. The first-order valence-corrected chi connectivity index (χ1v) is 6.92. The Kier molecular flexibility index (Phi) is 4.27. The zero-order valence-corrected chi connectivity index (χ0v) is 11.9. The number of amidine groups is 1. The number of hydrogen-bond acceptors (Lipinski definition) is 3. The molecule has 0 heterocycles. The van der Waals surface area contributed by atoms with Gasteiger partial charge in [0.2, 0.25) is 5.91 Å². The monoisotopic (exact) mass is 275 g/mol. The van der Waals surface area contributed by atoms with E-state index >= 15 is 0 Å². The molecule has 1 saturated carbocycles. The Balaban J connectivity index is 2.18. The first-order chi connectivity index (χ1) is 9.52. The second kappa shape index (κ2) is 5.94. The maximum Gasteiger partial charge on any atom is 0.227 e. The van der Waals surface area contributed by atoms with Crippen LogP contribution in [0.5, 0.6) is 0 Å². The van der Waals surface area contributed by atoms with Gasteiger partial charge in [-0.2, -0.15) is 0 Å². The highest BCUT2D eigenvalue weighted by Crippen LogP contribution is 2.32. The highest BCUT2D eigenvalue weighted by Gasteiger charge is 2.29. The number of benzene rings is 1. The van der Waals surface area contributed by atoms with Gasteiger partial charge in [0, 0.05) is 17.2 Å². The predicted molar refractivity (Wildman–Crippen MR) is 78.8 cm³/mol. The van der Waals surface area contributed by atoms with Gasteiger partial charge in [-0.25, -0.2) is 0 Å². The molecule has 2 rings (SSSR count). The number of aryl methyl sites for hydroxylation is 1. The van der Waals surface area contributed by atoms with Crippen molar-refractivity contribution >= 4 is 17.4 Å². The Labute approximate surface area is 118 Å². The summed E-state index contributed by atoms with van der Waals surface area (Å²) in [7, 11) is 0. The fraction of sp³-hybridized carbons (Fsp3) is 0.467. The minimum Gasteiger partial charge on any atom is -0.409 e. The summed E-state index contributed by atoms with van der Waals surface area (Å²) in [5.41, 5.74) is 7.84. The van der Waals surface area contributed by atoms with Crippen molar-refractivity contribution in [2.24, 2.45) is 22.7 Å². The van der Waals surface area contributed by atoms with Gasteiger partial charge in [-0.1, -0.05) is 30.6 Å². The molecule has 2 atom stereocenters. The third kappa shape index (κ3) is 2.92. The summed E-state index contributed by atoms with van der Waals surface area (Å²) in [4.78, 5) is 12.3. The summed E-state index contributed by atoms with van der Waals surface area (Å²) in [5.74, 6) is 0.619. The van der Waals surface area contributed by atoms with Crippen LogP contribution in [0.25, 0.3) is 0 Å². The highest BCUT2D eigenvalue weighted by molar-refractivity contribution is 6.00. The van der Waals surface area contributed by atoms with Gasteiger partial charge in [0.25, 0.3) is 0 Å². The summed E-state index contributed by atoms with van der Waals surface area (Å²) in [5, 5.41) is 14.7. The van der Waals surface area contributed by atoms with Crippen LogP contribution in [0.1, 0.15) is 37.3 Å². The number of nitrogens with one attached hydrogen (secondary N) is 1. The molecule has 0 radical (unpaired) electrons. The minimum absolute atomic E-state index is 0.0368. The second-order valence-corrected chi connectivity index (χ2v) is 5.52. The Morgan fingerprint density at radius 1 is 1.45 bits per heavy atom. The average Bonchev–Trinajstić information content (AvgIpc) is 2.86. The number of oxime groups is 1. The molecule has 1 aromatic rings. The Hall–Kier alpha value is -2.04. The largest absolute Gasteiger partial charge is 0.409 e. The fourth-order valence-electron chi connectivity index (χ4n) is 2.73. The standard InChI is InChI=1S/C15H21N3O2/c1-9-4-3-5-12(9)15(19)17-13-8-11(14(16)18-20)7-6-10(13)2/h6-9,12,20H,3-5H2,1-2H3,(H2,16,18)(H,17,19). The molecule has 2 unspecified atom stereocenters. The quantitative estimate of drug-likeness (QED) is 0.343. The number of amides is 1. The second-order valence-electron chi connectivity index (χ2n) is 5.52. The molecular formula is C15H21N3O2. The van der Waals surface area contributed by atoms with Crippen molar-refractivity contribution in [3.8, 4) is 0 Å². The van der Waals surface area contributed by atoms with Crippen molar-refractivity contribution in [3.63, 3.8) is 0 Å². The van der Waals surface area contributed by atoms with E-state index < -0.39 is 0 Å². The average molecular weight is 275 g/mol. The normalized spacial score (nSPS) is 22.8. The van der Waals surface area contributed by atoms with E-state index in [0.717, 1.165) is 30.5 Å². The summed E-state index contributed by atoms with van der Waals surface area (Å²) in [6.45, 7) is 4.04. The third-order valence-electron chi connectivity index (χ3n) is 4.10. The number of nitrogens with two attached hydrogens (primary N) is 1. The van der Waals surface area contributed by atoms with E-state index in [1.165, 1.54) is 0 Å². The van der Waals surface area contributed by atoms with Crippen LogP contribution in [0.4, 0.5) is 5.69 Å². The molecule has 108 valence electrons. The van der Waals surface area contributed by atoms with Gasteiger partial charge < -0.3 is 16.3 Å². The number of nitrogens with zero attached hydrogens (tertiary/aromatic N) is 1. The van der Waals surface area contributed by atoms with E-state index in [1.807, 2.05) is 13.0 Å². The maximum absolute atomic E-state index is 12.3. The number of carbonyl (C=O) groups is 1. The zero-order chi connectivity index (χ0) is 14.7. The van der Waals surface area contributed by atoms with E-state index in [9.17, 15) is 4.79 Å². The van der Waals surface area contributed by atoms with Gasteiger partial charge >= 0.3 is 0 Å². The van der Waals surface area contributed by atoms with Gasteiger partial charge in [-0.15, -0.1) is 0 Å². The number of hydrogen-bond donors (Lipinski definition) is 3. The fourth-order valence-corrected chi connectivity index (χ4v) is 2.73. The van der Waals surface area contributed by atoms with E-state index in [1.54, 1.807) is 12.1 Å². The summed E-state index contributed by atoms with van der Waals surface area (Å²) in [6, 6.07) is 5.35. The Morgan fingerprint density at radius 2 is 2.20 bits per heavy atom. The molecule has 1 aliphatic rings. The molecule has 4 N–H and O–H groups in total. The van der Waals surface area contributed by atoms with Crippen molar-refractivity contribution in [2.75, 3.05) is 5.32 Å². The molecule has 0 spiro atoms. The molecule has 0 aliphatic heterocycles. The SMILES string of the molecule is Cc1ccc(/C(N)=N/O)cc1NC(=O)C1CCCC1C. The first kappa shape index (κ1) is 14.4. The van der Waals surface area contributed by atoms with Crippen molar-refractivity contribution in [3.05, 3.63) is 29.3 Å². The molecule has 0 bridgehead atoms. The molecule has 1 aliphatic carbocycles. The molecule has 0 saturated heterocycles. The van der Waals surface area contributed by atoms with Crippen LogP contribution >= 0.6 is 0 Å². The van der Waals surface area contributed by atoms with Crippen LogP contribution in [-0.4, -0.2) is 17.0 Å². The highest BCUT2D eigenvalue weighted by atomic mass is 16.4. The molecule has 20 heavy (non-hydrogen) atoms. The van der Waals surface area contributed by atoms with Crippen molar-refractivity contribution in [1.29, 1.82) is 0 Å². The van der Waals surface area contributed by atoms with E-state index in [0.29, 0.717) is 11.5 Å². The molecule has 1 fully saturated rings. The maximum atomic E-state index is 12.3. The topological polar surface area (TPSA) is 87.7 Å². The van der Waals surface area contributed by atoms with Crippen LogP contribution in [0, 0.1) is 18.8 Å². The number of anilines is 1. The Bertz CT molecular complexity index is 540. The lowest BCUT2D eigenvalue weighted by molar-refractivity contribution is -0.120. The van der Waals surface area contributed by atoms with Gasteiger partial charge in [0.1, 0.15) is 0 Å². The van der Waals surface area contributed by atoms with Gasteiger partial charge in [0.05, 0.1) is 0 Å². The zero-order valence-electron chi connectivity index (χ0n) is 11.9. The van der Waals surface area contributed by atoms with Crippen LogP contribution in [0.15, 0.2) is 23.4 Å². The van der Waals surface area contributed by atoms with Crippen LogP contribution in [-0.2, 0) is 4.79 Å². The summed E-state index contributed by atoms with van der Waals surface area (Å²) in [6.07, 6.45) is 3.18. The predicted octanol–water partition coefficient (Wildman–Crippen LogP) is 2.46. The lowest BCUT2D eigenvalue weighted by atomic mass is 9.97. The van der Waals surface area contributed by atoms with Crippen molar-refractivity contribution < 1.29 is 10.0 Å². The smallest absolute Gasteiger partial charge is 0.227 e. The molecule has 0 aromatic heterocycles. The third-order valence-corrected chi connectivity index (χ3v) is 4.10. The van der Waals surface area contributed by atoms with E-state index in [2.05, 4.69) is 17.4 Å². The first-order valence-electron chi connectivity index (χ1n) is 6.92. The molecular weight excluding hydrogens is 254 g/mol. The summed E-state index contributed by atoms with van der Waals surface area (Å²) >= 11 is 0. The molecule has 5 heteroatoms. The minimum atomic E-state index is 0.0368. The molecule has 5 nitrogen and oxygen atoms in total. The van der Waals surface area contributed by atoms with Crippen LogP contribution in [0.2, 0.25) is 0 Å². The summed E-state index contributed by atoms with van der Waals surface area (Å²) < 4.78 is 0. The van der Waals surface area contributed by atoms with Crippen molar-refractivity contribution in [1.82, 2.24) is 0 Å². The van der Waals surface area contributed by atoms with Gasteiger partial charge in [-0.05, 0) is 37.3 Å².